The Morgan fingerprint density at radius 1 is 0.926 bits per heavy atom. The van der Waals surface area contributed by atoms with E-state index < -0.39 is 21.5 Å². The van der Waals surface area contributed by atoms with Crippen molar-refractivity contribution in [2.75, 3.05) is 0 Å². The van der Waals surface area contributed by atoms with Crippen molar-refractivity contribution in [2.24, 2.45) is 0 Å². The van der Waals surface area contributed by atoms with Crippen molar-refractivity contribution in [1.29, 1.82) is 0 Å². The first-order chi connectivity index (χ1) is 12.0. The fourth-order valence-electron chi connectivity index (χ4n) is 2.34. The molecule has 0 heterocycles. The second kappa shape index (κ2) is 8.80. The lowest BCUT2D eigenvalue weighted by Gasteiger charge is -2.40. The number of rotatable bonds is 2. The molecule has 0 spiro atoms. The second-order valence-electron chi connectivity index (χ2n) is 6.97. The maximum atomic E-state index is 13.2. The van der Waals surface area contributed by atoms with Crippen LogP contribution in [-0.2, 0) is 0 Å². The van der Waals surface area contributed by atoms with Gasteiger partial charge >= 0.3 is 11.8 Å². The Morgan fingerprint density at radius 3 is 1.81 bits per heavy atom. The van der Waals surface area contributed by atoms with Crippen molar-refractivity contribution in [2.45, 2.75) is 33.2 Å². The summed E-state index contributed by atoms with van der Waals surface area (Å²) >= 11 is 18.9. The van der Waals surface area contributed by atoms with Gasteiger partial charge in [-0.15, -0.1) is 12.4 Å². The molecule has 146 valence electrons. The molecule has 4 nitrogen and oxygen atoms in total. The molecule has 0 aliphatic heterocycles. The summed E-state index contributed by atoms with van der Waals surface area (Å²) in [6.07, 6.45) is 0. The Balaban J connectivity index is 0.00000364. The molecule has 0 saturated heterocycles. The van der Waals surface area contributed by atoms with Crippen LogP contribution in [-0.4, -0.2) is 26.0 Å². The molecule has 0 aliphatic carbocycles. The van der Waals surface area contributed by atoms with Gasteiger partial charge in [0, 0.05) is 10.6 Å². The van der Waals surface area contributed by atoms with E-state index in [2.05, 4.69) is 0 Å². The van der Waals surface area contributed by atoms with E-state index in [0.717, 1.165) is 10.1 Å². The number of halogens is 4. The van der Waals surface area contributed by atoms with Gasteiger partial charge < -0.3 is 0 Å². The first-order valence-electron chi connectivity index (χ1n) is 7.95. The fourth-order valence-corrected chi connectivity index (χ4v) is 3.02. The molecule has 0 aliphatic rings. The monoisotopic (exact) mass is 449 g/mol. The normalized spacial score (nSPS) is 13.3. The van der Waals surface area contributed by atoms with Gasteiger partial charge in [-0.1, -0.05) is 33.8 Å². The average Bonchev–Trinajstić information content (AvgIpc) is 2.59. The molecular weight excluding hydrogens is 430 g/mol. The molecule has 0 aromatic heterocycles. The number of nitrogens with zero attached hydrogens (tertiary/aromatic N) is 2. The molecule has 1 atom stereocenters. The predicted octanol–water partition coefficient (Wildman–Crippen LogP) is 6.19. The smallest absolute Gasteiger partial charge is 0.262 e. The zero-order chi connectivity index (χ0) is 19.7. The topological polar surface area (TPSA) is 37.4 Å². The van der Waals surface area contributed by atoms with Gasteiger partial charge in [0.25, 0.3) is 0 Å². The Bertz CT molecular complexity index is 817. The van der Waals surface area contributed by atoms with Crippen LogP contribution in [0.4, 0.5) is 0 Å². The number of benzene rings is 2. The van der Waals surface area contributed by atoms with E-state index in [4.69, 9.17) is 35.2 Å². The summed E-state index contributed by atoms with van der Waals surface area (Å²) in [4.78, 5) is 26.0. The maximum Gasteiger partial charge on any atom is 0.390 e. The number of carbonyl (C=O) groups excluding carboxylic acids is 2. The molecule has 0 saturated carbocycles. The fraction of sp³-hybridized carbons (Fsp3) is 0.263. The SMILES string of the molecule is Cc1ccc(C(=O)N(Cl)[N+](Cl)(C(=O)c2ccc(Cl)cc2)C(C)(C)C)cc1.Cl. The lowest BCUT2D eigenvalue weighted by Crippen LogP contribution is -2.64. The van der Waals surface area contributed by atoms with E-state index in [-0.39, 0.29) is 12.4 Å². The minimum absolute atomic E-state index is 0. The number of quaternary nitrogens is 1. The van der Waals surface area contributed by atoms with E-state index in [9.17, 15) is 9.59 Å². The number of aryl methyl sites for hydroxylation is 1. The largest absolute Gasteiger partial charge is 0.390 e. The van der Waals surface area contributed by atoms with E-state index in [1.165, 1.54) is 0 Å². The lowest BCUT2D eigenvalue weighted by molar-refractivity contribution is -0.871. The molecule has 8 heteroatoms. The molecule has 2 amide bonds. The quantitative estimate of drug-likeness (QED) is 0.404. The Morgan fingerprint density at radius 2 is 1.37 bits per heavy atom. The van der Waals surface area contributed by atoms with Crippen LogP contribution in [0.25, 0.3) is 0 Å². The Kier molecular flexibility index (Phi) is 7.74. The van der Waals surface area contributed by atoms with Crippen molar-refractivity contribution >= 4 is 59.4 Å². The van der Waals surface area contributed by atoms with Gasteiger partial charge in [0.1, 0.15) is 5.54 Å². The van der Waals surface area contributed by atoms with Crippen LogP contribution in [0.5, 0.6) is 0 Å². The van der Waals surface area contributed by atoms with Crippen molar-refractivity contribution in [3.63, 3.8) is 0 Å². The molecule has 0 N–H and O–H groups in total. The summed E-state index contributed by atoms with van der Waals surface area (Å²) in [6, 6.07) is 13.1. The molecule has 27 heavy (non-hydrogen) atoms. The van der Waals surface area contributed by atoms with Gasteiger partial charge in [-0.05, 0) is 68.2 Å². The van der Waals surface area contributed by atoms with Gasteiger partial charge in [-0.25, -0.2) is 4.79 Å². The van der Waals surface area contributed by atoms with Crippen molar-refractivity contribution in [3.8, 4) is 0 Å². The van der Waals surface area contributed by atoms with Crippen LogP contribution >= 0.6 is 47.6 Å². The molecule has 2 rings (SSSR count). The van der Waals surface area contributed by atoms with E-state index in [0.29, 0.717) is 16.1 Å². The highest BCUT2D eigenvalue weighted by molar-refractivity contribution is 6.30. The standard InChI is InChI=1S/C19H20Cl3N2O2.ClH/c1-13-5-7-14(8-6-13)17(25)23(21)24(22,19(2,3)4)18(26)15-9-11-16(20)12-10-15;/h5-12H,1-4H3;1H/q+1;. The van der Waals surface area contributed by atoms with Crippen LogP contribution in [0, 0.1) is 6.92 Å². The summed E-state index contributed by atoms with van der Waals surface area (Å²) in [6.45, 7) is 7.09. The lowest BCUT2D eigenvalue weighted by atomic mass is 10.1. The summed E-state index contributed by atoms with van der Waals surface area (Å²) in [7, 11) is 0. The Hall–Kier alpha value is -1.30. The summed E-state index contributed by atoms with van der Waals surface area (Å²) in [5.74, 6) is -1.11. The van der Waals surface area contributed by atoms with E-state index in [1.807, 2.05) is 6.92 Å². The summed E-state index contributed by atoms with van der Waals surface area (Å²) in [5.41, 5.74) is 0.728. The van der Waals surface area contributed by atoms with E-state index >= 15 is 0 Å². The highest BCUT2D eigenvalue weighted by Crippen LogP contribution is 2.37. The molecule has 0 radical (unpaired) electrons. The van der Waals surface area contributed by atoms with Crippen LogP contribution in [0.3, 0.4) is 0 Å². The second-order valence-corrected chi connectivity index (χ2v) is 8.22. The first-order valence-corrected chi connectivity index (χ1v) is 9.00. The molecule has 0 bridgehead atoms. The van der Waals surface area contributed by atoms with E-state index in [1.54, 1.807) is 69.3 Å². The molecule has 2 aromatic carbocycles. The number of amides is 2. The van der Waals surface area contributed by atoms with Gasteiger partial charge in [0.05, 0.1) is 17.3 Å². The van der Waals surface area contributed by atoms with Crippen LogP contribution in [0.1, 0.15) is 47.1 Å². The van der Waals surface area contributed by atoms with Crippen LogP contribution in [0.15, 0.2) is 48.5 Å². The molecule has 2 aromatic rings. The number of carbonyl (C=O) groups is 2. The zero-order valence-corrected chi connectivity index (χ0v) is 18.5. The van der Waals surface area contributed by atoms with Crippen LogP contribution in [0.2, 0.25) is 5.02 Å². The summed E-state index contributed by atoms with van der Waals surface area (Å²) in [5, 5.41) is 0.489. The maximum absolute atomic E-state index is 13.2. The highest BCUT2D eigenvalue weighted by atomic mass is 35.5. The summed E-state index contributed by atoms with van der Waals surface area (Å²) < 4.78 is -0.216. The van der Waals surface area contributed by atoms with Crippen LogP contribution < -0.4 is 0 Å². The molecule has 0 fully saturated rings. The van der Waals surface area contributed by atoms with Crippen molar-refractivity contribution in [3.05, 3.63) is 70.2 Å². The third-order valence-electron chi connectivity index (χ3n) is 3.96. The average molecular weight is 451 g/mol. The number of hydrogen-bond acceptors (Lipinski definition) is 2. The zero-order valence-electron chi connectivity index (χ0n) is 15.4. The first kappa shape index (κ1) is 23.7. The predicted molar refractivity (Wildman–Crippen MR) is 112 cm³/mol. The highest BCUT2D eigenvalue weighted by Gasteiger charge is 2.56. The number of hydrogen-bond donors (Lipinski definition) is 0. The van der Waals surface area contributed by atoms with Gasteiger partial charge in [0.2, 0.25) is 11.8 Å². The molecule has 1 unspecified atom stereocenters. The minimum Gasteiger partial charge on any atom is -0.262 e. The third kappa shape index (κ3) is 4.76. The minimum atomic E-state index is -0.955. The third-order valence-corrected chi connectivity index (χ3v) is 5.48. The van der Waals surface area contributed by atoms with Gasteiger partial charge in [0.15, 0.2) is 0 Å². The molecular formula is C19H21Cl4N2O2+. The van der Waals surface area contributed by atoms with Crippen molar-refractivity contribution < 1.29 is 13.7 Å². The van der Waals surface area contributed by atoms with Gasteiger partial charge in [-0.3, -0.25) is 4.79 Å². The van der Waals surface area contributed by atoms with Gasteiger partial charge in [-0.2, -0.15) is 0 Å². The van der Waals surface area contributed by atoms with Crippen molar-refractivity contribution in [1.82, 2.24) is 4.53 Å². The Labute approximate surface area is 180 Å².